The van der Waals surface area contributed by atoms with Gasteiger partial charge < -0.3 is 10.4 Å². The van der Waals surface area contributed by atoms with Crippen molar-refractivity contribution in [1.82, 2.24) is 10.3 Å². The number of hydrogen-bond acceptors (Lipinski definition) is 4. The fraction of sp³-hybridized carbons (Fsp3) is 0.500. The number of nitrogens with zero attached hydrogens (tertiary/aromatic N) is 1. The van der Waals surface area contributed by atoms with Gasteiger partial charge in [-0.3, -0.25) is 4.79 Å². The highest BCUT2D eigenvalue weighted by Gasteiger charge is 2.10. The van der Waals surface area contributed by atoms with Gasteiger partial charge in [0, 0.05) is 12.7 Å². The van der Waals surface area contributed by atoms with Gasteiger partial charge in [0.25, 0.3) is 5.91 Å². The average molecular weight is 254 g/mol. The maximum Gasteiger partial charge on any atom is 0.273 e. The molecule has 5 heteroatoms. The maximum atomic E-state index is 11.6. The molecular formula is C12H18N2O2S. The number of unbranched alkanes of at least 4 members (excludes halogenated alkanes) is 2. The zero-order valence-electron chi connectivity index (χ0n) is 9.98. The van der Waals surface area contributed by atoms with E-state index in [9.17, 15) is 9.90 Å². The van der Waals surface area contributed by atoms with Crippen molar-refractivity contribution < 1.29 is 9.90 Å². The van der Waals surface area contributed by atoms with E-state index in [0.717, 1.165) is 18.6 Å². The topological polar surface area (TPSA) is 62.2 Å². The Balaban J connectivity index is 2.24. The lowest BCUT2D eigenvalue weighted by Gasteiger charge is -2.05. The molecular weight excluding hydrogens is 236 g/mol. The first-order chi connectivity index (χ1) is 8.25. The fourth-order valence-electron chi connectivity index (χ4n) is 1.41. The second-order valence-corrected chi connectivity index (χ2v) is 4.67. The molecule has 1 heterocycles. The van der Waals surface area contributed by atoms with Gasteiger partial charge in [0.2, 0.25) is 0 Å². The molecule has 17 heavy (non-hydrogen) atoms. The second-order valence-electron chi connectivity index (χ2n) is 3.68. The van der Waals surface area contributed by atoms with E-state index in [1.807, 2.05) is 11.8 Å². The van der Waals surface area contributed by atoms with Gasteiger partial charge in [0.15, 0.2) is 5.69 Å². The van der Waals surface area contributed by atoms with E-state index in [1.54, 1.807) is 6.07 Å². The van der Waals surface area contributed by atoms with Crippen molar-refractivity contribution in [2.24, 2.45) is 0 Å². The van der Waals surface area contributed by atoms with E-state index in [1.165, 1.54) is 18.7 Å². The summed E-state index contributed by atoms with van der Waals surface area (Å²) in [5, 5.41) is 12.2. The van der Waals surface area contributed by atoms with Crippen molar-refractivity contribution in [3.8, 4) is 5.75 Å². The number of carbonyl (C=O) groups excluding carboxylic acids is 1. The van der Waals surface area contributed by atoms with Crippen molar-refractivity contribution >= 4 is 17.7 Å². The summed E-state index contributed by atoms with van der Waals surface area (Å²) in [6.45, 7) is 0.628. The molecule has 1 rings (SSSR count). The summed E-state index contributed by atoms with van der Waals surface area (Å²) in [4.78, 5) is 15.5. The predicted octanol–water partition coefficient (Wildman–Crippen LogP) is 2.05. The lowest BCUT2D eigenvalue weighted by atomic mass is 10.2. The molecule has 94 valence electrons. The summed E-state index contributed by atoms with van der Waals surface area (Å²) in [7, 11) is 0. The first-order valence-corrected chi connectivity index (χ1v) is 7.06. The van der Waals surface area contributed by atoms with Crippen LogP contribution in [0.1, 0.15) is 29.8 Å². The lowest BCUT2D eigenvalue weighted by Crippen LogP contribution is -2.25. The number of rotatable bonds is 7. The minimum Gasteiger partial charge on any atom is -0.505 e. The number of aromatic hydroxyl groups is 1. The Kier molecular flexibility index (Phi) is 6.47. The van der Waals surface area contributed by atoms with E-state index >= 15 is 0 Å². The number of aromatic nitrogens is 1. The maximum absolute atomic E-state index is 11.6. The Bertz CT molecular complexity index is 358. The van der Waals surface area contributed by atoms with Gasteiger partial charge in [0.05, 0.1) is 0 Å². The molecule has 2 N–H and O–H groups in total. The third kappa shape index (κ3) is 5.08. The van der Waals surface area contributed by atoms with E-state index in [0.29, 0.717) is 6.54 Å². The Morgan fingerprint density at radius 1 is 1.47 bits per heavy atom. The fourth-order valence-corrected chi connectivity index (χ4v) is 1.90. The van der Waals surface area contributed by atoms with Gasteiger partial charge in [-0.05, 0) is 37.0 Å². The second kappa shape index (κ2) is 7.95. The molecule has 1 aromatic heterocycles. The molecule has 0 aliphatic rings. The van der Waals surface area contributed by atoms with Crippen LogP contribution >= 0.6 is 11.8 Å². The molecule has 0 radical (unpaired) electrons. The molecule has 0 aromatic carbocycles. The molecule has 0 saturated carbocycles. The number of nitrogens with one attached hydrogen (secondary N) is 1. The first-order valence-electron chi connectivity index (χ1n) is 5.67. The third-order valence-electron chi connectivity index (χ3n) is 2.31. The summed E-state index contributed by atoms with van der Waals surface area (Å²) >= 11 is 1.83. The van der Waals surface area contributed by atoms with E-state index in [2.05, 4.69) is 16.6 Å². The minimum absolute atomic E-state index is 0.0765. The summed E-state index contributed by atoms with van der Waals surface area (Å²) in [5.74, 6) is 0.773. The normalized spacial score (nSPS) is 10.2. The predicted molar refractivity (Wildman–Crippen MR) is 70.5 cm³/mol. The van der Waals surface area contributed by atoms with Crippen LogP contribution in [-0.4, -0.2) is 34.6 Å². The van der Waals surface area contributed by atoms with Crippen molar-refractivity contribution in [3.05, 3.63) is 24.0 Å². The van der Waals surface area contributed by atoms with Crippen molar-refractivity contribution in [2.45, 2.75) is 19.3 Å². The number of thioether (sulfide) groups is 1. The summed E-state index contributed by atoms with van der Waals surface area (Å²) in [6, 6.07) is 3.05. The van der Waals surface area contributed by atoms with Crippen molar-refractivity contribution in [3.63, 3.8) is 0 Å². The van der Waals surface area contributed by atoms with Gasteiger partial charge in [-0.2, -0.15) is 11.8 Å². The first kappa shape index (κ1) is 13.8. The van der Waals surface area contributed by atoms with Crippen LogP contribution in [0.15, 0.2) is 18.3 Å². The van der Waals surface area contributed by atoms with Gasteiger partial charge in [-0.15, -0.1) is 0 Å². The molecule has 0 aliphatic carbocycles. The zero-order valence-corrected chi connectivity index (χ0v) is 10.8. The van der Waals surface area contributed by atoms with E-state index in [-0.39, 0.29) is 17.4 Å². The van der Waals surface area contributed by atoms with Crippen LogP contribution in [0.5, 0.6) is 5.75 Å². The molecule has 0 aliphatic heterocycles. The highest BCUT2D eigenvalue weighted by molar-refractivity contribution is 7.98. The Hall–Kier alpha value is -1.23. The smallest absolute Gasteiger partial charge is 0.273 e. The van der Waals surface area contributed by atoms with E-state index < -0.39 is 0 Å². The number of carbonyl (C=O) groups is 1. The van der Waals surface area contributed by atoms with Crippen molar-refractivity contribution in [1.29, 1.82) is 0 Å². The third-order valence-corrected chi connectivity index (χ3v) is 3.01. The molecule has 1 aromatic rings. The highest BCUT2D eigenvalue weighted by atomic mass is 32.2. The summed E-state index contributed by atoms with van der Waals surface area (Å²) in [6.07, 6.45) is 6.82. The van der Waals surface area contributed by atoms with Gasteiger partial charge in [0.1, 0.15) is 5.75 Å². The Morgan fingerprint density at radius 3 is 3.00 bits per heavy atom. The SMILES string of the molecule is CSCCCCCNC(=O)c1ncccc1O. The van der Waals surface area contributed by atoms with Crippen LogP contribution in [0.3, 0.4) is 0 Å². The van der Waals surface area contributed by atoms with E-state index in [4.69, 9.17) is 0 Å². The molecule has 0 fully saturated rings. The highest BCUT2D eigenvalue weighted by Crippen LogP contribution is 2.11. The summed E-state index contributed by atoms with van der Waals surface area (Å²) < 4.78 is 0. The average Bonchev–Trinajstić information content (AvgIpc) is 2.34. The van der Waals surface area contributed by atoms with Crippen LogP contribution in [0.2, 0.25) is 0 Å². The number of hydrogen-bond donors (Lipinski definition) is 2. The molecule has 0 unspecified atom stereocenters. The van der Waals surface area contributed by atoms with Gasteiger partial charge in [-0.1, -0.05) is 6.42 Å². The van der Waals surface area contributed by atoms with Crippen LogP contribution in [-0.2, 0) is 0 Å². The standard InChI is InChI=1S/C12H18N2O2S/c1-17-9-4-2-3-7-14-12(16)11-10(15)6-5-8-13-11/h5-6,8,15H,2-4,7,9H2,1H3,(H,14,16). The Morgan fingerprint density at radius 2 is 2.29 bits per heavy atom. The summed E-state index contributed by atoms with van der Waals surface area (Å²) in [5.41, 5.74) is 0.0941. The van der Waals surface area contributed by atoms with Crippen LogP contribution in [0.4, 0.5) is 0 Å². The molecule has 0 spiro atoms. The zero-order chi connectivity index (χ0) is 12.5. The molecule has 0 atom stereocenters. The molecule has 4 nitrogen and oxygen atoms in total. The quantitative estimate of drug-likeness (QED) is 0.731. The van der Waals surface area contributed by atoms with Gasteiger partial charge >= 0.3 is 0 Å². The van der Waals surface area contributed by atoms with Crippen LogP contribution in [0, 0.1) is 0 Å². The van der Waals surface area contributed by atoms with Crippen molar-refractivity contribution in [2.75, 3.05) is 18.6 Å². The molecule has 1 amide bonds. The monoisotopic (exact) mass is 254 g/mol. The number of amides is 1. The number of pyridine rings is 1. The largest absolute Gasteiger partial charge is 0.505 e. The molecule has 0 saturated heterocycles. The lowest BCUT2D eigenvalue weighted by molar-refractivity contribution is 0.0945. The van der Waals surface area contributed by atoms with Crippen LogP contribution < -0.4 is 5.32 Å². The minimum atomic E-state index is -0.312. The van der Waals surface area contributed by atoms with Gasteiger partial charge in [-0.25, -0.2) is 4.98 Å². The van der Waals surface area contributed by atoms with Crippen LogP contribution in [0.25, 0.3) is 0 Å². The molecule has 0 bridgehead atoms. The Labute approximate surface area is 106 Å².